The standard InChI is InChI=1S/C12H20N2O2/c1-4-8(2)14-10(15)7-9(11(14)16)13-12(3)5-6-12/h8-9,13H,4-7H2,1-3H3. The Morgan fingerprint density at radius 3 is 2.62 bits per heavy atom. The molecule has 2 aliphatic rings. The van der Waals surface area contributed by atoms with E-state index in [2.05, 4.69) is 12.2 Å². The van der Waals surface area contributed by atoms with Gasteiger partial charge in [-0.05, 0) is 33.1 Å². The molecule has 2 amide bonds. The van der Waals surface area contributed by atoms with Crippen LogP contribution in [0, 0.1) is 0 Å². The SMILES string of the molecule is CCC(C)N1C(=O)CC(NC2(C)CC2)C1=O. The fourth-order valence-corrected chi connectivity index (χ4v) is 2.16. The van der Waals surface area contributed by atoms with Gasteiger partial charge in [-0.1, -0.05) is 6.92 Å². The Morgan fingerprint density at radius 1 is 1.50 bits per heavy atom. The van der Waals surface area contributed by atoms with Crippen molar-refractivity contribution < 1.29 is 9.59 Å². The third-order valence-corrected chi connectivity index (χ3v) is 3.74. The van der Waals surface area contributed by atoms with E-state index in [0.29, 0.717) is 6.42 Å². The van der Waals surface area contributed by atoms with Gasteiger partial charge in [0, 0.05) is 11.6 Å². The number of likely N-dealkylation sites (tertiary alicyclic amines) is 1. The number of hydrogen-bond acceptors (Lipinski definition) is 3. The molecule has 4 heteroatoms. The normalized spacial score (nSPS) is 29.7. The molecule has 1 aliphatic carbocycles. The van der Waals surface area contributed by atoms with Crippen molar-refractivity contribution in [2.75, 3.05) is 0 Å². The molecule has 4 nitrogen and oxygen atoms in total. The first kappa shape index (κ1) is 11.6. The molecular weight excluding hydrogens is 204 g/mol. The van der Waals surface area contributed by atoms with Gasteiger partial charge in [0.1, 0.15) is 0 Å². The van der Waals surface area contributed by atoms with E-state index in [1.54, 1.807) is 0 Å². The molecule has 0 aromatic heterocycles. The molecule has 2 rings (SSSR count). The van der Waals surface area contributed by atoms with Gasteiger partial charge in [0.15, 0.2) is 0 Å². The maximum atomic E-state index is 12.1. The predicted octanol–water partition coefficient (Wildman–Crippen LogP) is 1.05. The lowest BCUT2D eigenvalue weighted by molar-refractivity contribution is -0.141. The van der Waals surface area contributed by atoms with Gasteiger partial charge in [-0.15, -0.1) is 0 Å². The Hall–Kier alpha value is -0.900. The summed E-state index contributed by atoms with van der Waals surface area (Å²) in [4.78, 5) is 25.3. The van der Waals surface area contributed by atoms with E-state index in [4.69, 9.17) is 0 Å². The van der Waals surface area contributed by atoms with Gasteiger partial charge >= 0.3 is 0 Å². The molecule has 1 heterocycles. The summed E-state index contributed by atoms with van der Waals surface area (Å²) in [7, 11) is 0. The van der Waals surface area contributed by atoms with Gasteiger partial charge in [0.25, 0.3) is 0 Å². The highest BCUT2D eigenvalue weighted by Crippen LogP contribution is 2.36. The highest BCUT2D eigenvalue weighted by Gasteiger charge is 2.46. The van der Waals surface area contributed by atoms with Crippen LogP contribution in [0.1, 0.15) is 46.5 Å². The van der Waals surface area contributed by atoms with Crippen molar-refractivity contribution in [2.45, 2.75) is 64.1 Å². The Balaban J connectivity index is 2.03. The molecule has 2 fully saturated rings. The molecule has 0 radical (unpaired) electrons. The second-order valence-electron chi connectivity index (χ2n) is 5.32. The first-order chi connectivity index (χ1) is 7.47. The fraction of sp³-hybridized carbons (Fsp3) is 0.833. The lowest BCUT2D eigenvalue weighted by atomic mass is 10.2. The summed E-state index contributed by atoms with van der Waals surface area (Å²) in [6.07, 6.45) is 3.36. The van der Waals surface area contributed by atoms with E-state index in [0.717, 1.165) is 19.3 Å². The van der Waals surface area contributed by atoms with Crippen LogP contribution in [0.15, 0.2) is 0 Å². The summed E-state index contributed by atoms with van der Waals surface area (Å²) >= 11 is 0. The van der Waals surface area contributed by atoms with Gasteiger partial charge in [-0.25, -0.2) is 0 Å². The van der Waals surface area contributed by atoms with Crippen molar-refractivity contribution in [3.8, 4) is 0 Å². The molecule has 0 spiro atoms. The zero-order chi connectivity index (χ0) is 11.9. The molecule has 16 heavy (non-hydrogen) atoms. The highest BCUT2D eigenvalue weighted by molar-refractivity contribution is 6.05. The average Bonchev–Trinajstić information content (AvgIpc) is 2.88. The first-order valence-corrected chi connectivity index (χ1v) is 6.10. The zero-order valence-electron chi connectivity index (χ0n) is 10.2. The minimum absolute atomic E-state index is 0.0267. The summed E-state index contributed by atoms with van der Waals surface area (Å²) in [6.45, 7) is 6.03. The van der Waals surface area contributed by atoms with E-state index >= 15 is 0 Å². The van der Waals surface area contributed by atoms with Crippen molar-refractivity contribution in [1.29, 1.82) is 0 Å². The number of carbonyl (C=O) groups excluding carboxylic acids is 2. The Bertz CT molecular complexity index is 323. The molecule has 1 aliphatic heterocycles. The van der Waals surface area contributed by atoms with Crippen molar-refractivity contribution in [2.24, 2.45) is 0 Å². The van der Waals surface area contributed by atoms with Crippen molar-refractivity contribution >= 4 is 11.8 Å². The van der Waals surface area contributed by atoms with Crippen LogP contribution >= 0.6 is 0 Å². The van der Waals surface area contributed by atoms with Crippen LogP contribution in [0.3, 0.4) is 0 Å². The van der Waals surface area contributed by atoms with Gasteiger partial charge in [0.05, 0.1) is 12.5 Å². The second-order valence-corrected chi connectivity index (χ2v) is 5.32. The fourth-order valence-electron chi connectivity index (χ4n) is 2.16. The second kappa shape index (κ2) is 3.84. The number of nitrogens with one attached hydrogen (secondary N) is 1. The smallest absolute Gasteiger partial charge is 0.247 e. The van der Waals surface area contributed by atoms with E-state index in [-0.39, 0.29) is 29.4 Å². The molecule has 2 unspecified atom stereocenters. The lowest BCUT2D eigenvalue weighted by Gasteiger charge is -2.22. The number of rotatable bonds is 4. The molecular formula is C12H20N2O2. The molecule has 0 bridgehead atoms. The Labute approximate surface area is 96.4 Å². The minimum atomic E-state index is -0.283. The number of hydrogen-bond donors (Lipinski definition) is 1. The summed E-state index contributed by atoms with van der Waals surface area (Å²) in [5.41, 5.74) is 0.103. The van der Waals surface area contributed by atoms with Crippen LogP contribution in [0.4, 0.5) is 0 Å². The molecule has 0 aromatic rings. The lowest BCUT2D eigenvalue weighted by Crippen LogP contribution is -2.46. The van der Waals surface area contributed by atoms with E-state index in [1.165, 1.54) is 4.90 Å². The largest absolute Gasteiger partial charge is 0.300 e. The topological polar surface area (TPSA) is 49.4 Å². The minimum Gasteiger partial charge on any atom is -0.300 e. The third-order valence-electron chi connectivity index (χ3n) is 3.74. The molecule has 1 saturated carbocycles. The zero-order valence-corrected chi connectivity index (χ0v) is 10.2. The maximum Gasteiger partial charge on any atom is 0.247 e. The molecule has 2 atom stereocenters. The van der Waals surface area contributed by atoms with Crippen LogP contribution in [-0.4, -0.2) is 34.3 Å². The Kier molecular flexibility index (Phi) is 2.78. The van der Waals surface area contributed by atoms with Crippen molar-refractivity contribution in [3.63, 3.8) is 0 Å². The quantitative estimate of drug-likeness (QED) is 0.726. The average molecular weight is 224 g/mol. The van der Waals surface area contributed by atoms with Gasteiger partial charge in [-0.2, -0.15) is 0 Å². The van der Waals surface area contributed by atoms with Crippen LogP contribution in [0.2, 0.25) is 0 Å². The van der Waals surface area contributed by atoms with Gasteiger partial charge in [-0.3, -0.25) is 14.5 Å². The predicted molar refractivity (Wildman–Crippen MR) is 60.8 cm³/mol. The van der Waals surface area contributed by atoms with E-state index in [1.807, 2.05) is 13.8 Å². The summed E-state index contributed by atoms with van der Waals surface area (Å²) in [6, 6.07) is -0.257. The van der Waals surface area contributed by atoms with Crippen LogP contribution < -0.4 is 5.32 Å². The number of carbonyl (C=O) groups is 2. The van der Waals surface area contributed by atoms with Crippen molar-refractivity contribution in [1.82, 2.24) is 10.2 Å². The molecule has 0 aromatic carbocycles. The maximum absolute atomic E-state index is 12.1. The Morgan fingerprint density at radius 2 is 2.12 bits per heavy atom. The van der Waals surface area contributed by atoms with Crippen molar-refractivity contribution in [3.05, 3.63) is 0 Å². The molecule has 1 saturated heterocycles. The molecule has 1 N–H and O–H groups in total. The number of nitrogens with zero attached hydrogens (tertiary/aromatic N) is 1. The van der Waals surface area contributed by atoms with E-state index < -0.39 is 0 Å². The summed E-state index contributed by atoms with van der Waals surface area (Å²) in [5.74, 6) is -0.0615. The number of amides is 2. The van der Waals surface area contributed by atoms with Crippen LogP contribution in [0.25, 0.3) is 0 Å². The van der Waals surface area contributed by atoms with E-state index in [9.17, 15) is 9.59 Å². The van der Waals surface area contributed by atoms with Crippen LogP contribution in [0.5, 0.6) is 0 Å². The summed E-state index contributed by atoms with van der Waals surface area (Å²) in [5, 5.41) is 3.31. The van der Waals surface area contributed by atoms with Gasteiger partial charge < -0.3 is 5.32 Å². The molecule has 90 valence electrons. The number of imide groups is 1. The van der Waals surface area contributed by atoms with Gasteiger partial charge in [0.2, 0.25) is 11.8 Å². The summed E-state index contributed by atoms with van der Waals surface area (Å²) < 4.78 is 0. The first-order valence-electron chi connectivity index (χ1n) is 6.10. The van der Waals surface area contributed by atoms with Crippen LogP contribution in [-0.2, 0) is 9.59 Å². The monoisotopic (exact) mass is 224 g/mol. The highest BCUT2D eigenvalue weighted by atomic mass is 16.2. The third kappa shape index (κ3) is 1.98.